The minimum absolute atomic E-state index is 0.106. The zero-order valence-corrected chi connectivity index (χ0v) is 20.8. The van der Waals surface area contributed by atoms with Gasteiger partial charge in [0.05, 0.1) is 12.8 Å². The predicted octanol–water partition coefficient (Wildman–Crippen LogP) is 4.73. The van der Waals surface area contributed by atoms with E-state index in [2.05, 4.69) is 47.2 Å². The van der Waals surface area contributed by atoms with Crippen LogP contribution in [0.5, 0.6) is 0 Å². The lowest BCUT2D eigenvalue weighted by Crippen LogP contribution is -2.56. The van der Waals surface area contributed by atoms with E-state index in [1.165, 1.54) is 16.0 Å². The predicted molar refractivity (Wildman–Crippen MR) is 137 cm³/mol. The summed E-state index contributed by atoms with van der Waals surface area (Å²) in [6, 6.07) is 13.9. The number of furan rings is 1. The molecule has 1 unspecified atom stereocenters. The first kappa shape index (κ1) is 24.8. The van der Waals surface area contributed by atoms with E-state index in [1.54, 1.807) is 13.2 Å². The molecule has 2 aliphatic rings. The highest BCUT2D eigenvalue weighted by Crippen LogP contribution is 2.37. The average molecular weight is 474 g/mol. The first-order valence-electron chi connectivity index (χ1n) is 12.5. The lowest BCUT2D eigenvalue weighted by atomic mass is 9.74. The lowest BCUT2D eigenvalue weighted by Gasteiger charge is -2.41. The van der Waals surface area contributed by atoms with Gasteiger partial charge in [0, 0.05) is 6.54 Å². The van der Waals surface area contributed by atoms with Crippen LogP contribution in [0.25, 0.3) is 6.08 Å². The molecule has 0 spiro atoms. The minimum Gasteiger partial charge on any atom is -0.465 e. The molecule has 2 aliphatic heterocycles. The van der Waals surface area contributed by atoms with Crippen LogP contribution in [0.1, 0.15) is 50.9 Å². The van der Waals surface area contributed by atoms with E-state index >= 15 is 0 Å². The zero-order valence-electron chi connectivity index (χ0n) is 20.8. The van der Waals surface area contributed by atoms with Crippen molar-refractivity contribution in [2.75, 3.05) is 26.2 Å². The summed E-state index contributed by atoms with van der Waals surface area (Å²) in [6.07, 6.45) is 7.88. The van der Waals surface area contributed by atoms with Crippen LogP contribution < -0.4 is 5.32 Å². The molecule has 1 aromatic carbocycles. The van der Waals surface area contributed by atoms with Crippen LogP contribution in [0.2, 0.25) is 0 Å². The fraction of sp³-hybridized carbons (Fsp3) is 0.448. The summed E-state index contributed by atoms with van der Waals surface area (Å²) in [5.74, 6) is 6.57. The Morgan fingerprint density at radius 2 is 1.94 bits per heavy atom. The van der Waals surface area contributed by atoms with Crippen molar-refractivity contribution in [2.45, 2.75) is 51.5 Å². The number of nitrogens with zero attached hydrogens (tertiary/aromatic N) is 2. The van der Waals surface area contributed by atoms with Crippen molar-refractivity contribution in [1.29, 1.82) is 0 Å². The number of amides is 3. The van der Waals surface area contributed by atoms with E-state index in [0.29, 0.717) is 6.42 Å². The summed E-state index contributed by atoms with van der Waals surface area (Å²) in [4.78, 5) is 30.2. The Hall–Kier alpha value is -3.30. The van der Waals surface area contributed by atoms with E-state index in [-0.39, 0.29) is 24.4 Å². The number of carbonyl (C=O) groups is 2. The number of hydrogen-bond acceptors (Lipinski definition) is 4. The number of hydrogen-bond donors (Lipinski definition) is 1. The third-order valence-electron chi connectivity index (χ3n) is 7.18. The highest BCUT2D eigenvalue weighted by atomic mass is 16.3. The van der Waals surface area contributed by atoms with Crippen LogP contribution in [0, 0.1) is 17.8 Å². The number of nitrogens with one attached hydrogen (secondary N) is 1. The third-order valence-corrected chi connectivity index (χ3v) is 7.18. The van der Waals surface area contributed by atoms with Crippen LogP contribution in [0.15, 0.2) is 58.7 Å². The molecule has 1 N–H and O–H groups in total. The van der Waals surface area contributed by atoms with Crippen molar-refractivity contribution in [3.8, 4) is 11.8 Å². The molecule has 184 valence electrons. The lowest BCUT2D eigenvalue weighted by molar-refractivity contribution is -0.134. The van der Waals surface area contributed by atoms with Crippen LogP contribution in [0.4, 0.5) is 4.79 Å². The van der Waals surface area contributed by atoms with E-state index in [1.807, 2.05) is 30.3 Å². The molecule has 1 atom stereocenters. The Morgan fingerprint density at radius 3 is 2.63 bits per heavy atom. The minimum atomic E-state index is -0.841. The summed E-state index contributed by atoms with van der Waals surface area (Å²) in [5.41, 5.74) is 1.65. The maximum Gasteiger partial charge on any atom is 0.325 e. The van der Waals surface area contributed by atoms with Gasteiger partial charge in [-0.3, -0.25) is 14.6 Å². The van der Waals surface area contributed by atoms with E-state index in [9.17, 15) is 9.59 Å². The third kappa shape index (κ3) is 5.86. The molecular weight excluding hydrogens is 438 g/mol. The molecule has 6 nitrogen and oxygen atoms in total. The molecule has 35 heavy (non-hydrogen) atoms. The number of piperidine rings is 1. The summed E-state index contributed by atoms with van der Waals surface area (Å²) in [6.45, 7) is 6.65. The highest BCUT2D eigenvalue weighted by molar-refractivity contribution is 6.07. The SMILES string of the molecule is CC#CCN1C(=O)NC(CCCc2ccccc2)(C2CCN(CC(C)=Cc3ccco3)CC2)C1=O. The Morgan fingerprint density at radius 1 is 1.17 bits per heavy atom. The first-order chi connectivity index (χ1) is 17.0. The van der Waals surface area contributed by atoms with Crippen molar-refractivity contribution in [2.24, 2.45) is 5.92 Å². The molecule has 0 radical (unpaired) electrons. The number of aryl methyl sites for hydroxylation is 1. The second-order valence-corrected chi connectivity index (χ2v) is 9.62. The molecule has 2 fully saturated rings. The van der Waals surface area contributed by atoms with Crippen molar-refractivity contribution in [1.82, 2.24) is 15.1 Å². The summed E-state index contributed by atoms with van der Waals surface area (Å²) in [7, 11) is 0. The molecular formula is C29H35N3O3. The van der Waals surface area contributed by atoms with Gasteiger partial charge in [0.2, 0.25) is 0 Å². The number of imide groups is 1. The summed E-state index contributed by atoms with van der Waals surface area (Å²) < 4.78 is 5.43. The molecule has 0 saturated carbocycles. The Balaban J connectivity index is 1.44. The molecule has 2 saturated heterocycles. The fourth-order valence-corrected chi connectivity index (χ4v) is 5.41. The monoisotopic (exact) mass is 473 g/mol. The van der Waals surface area contributed by atoms with Gasteiger partial charge >= 0.3 is 6.03 Å². The van der Waals surface area contributed by atoms with Gasteiger partial charge in [-0.05, 0) is 88.7 Å². The van der Waals surface area contributed by atoms with Gasteiger partial charge in [-0.15, -0.1) is 5.92 Å². The summed E-state index contributed by atoms with van der Waals surface area (Å²) in [5, 5.41) is 3.14. The standard InChI is InChI=1S/C29H35N3O3/c1-3-4-17-32-27(33)29(30-28(32)34,16-8-12-24-10-6-5-7-11-24)25-14-18-31(19-15-25)22-23(2)21-26-13-9-20-35-26/h5-7,9-11,13,20-21,25H,8,12,14-19,22H2,1-2H3,(H,30,34). The molecule has 6 heteroatoms. The number of rotatable bonds is 9. The van der Waals surface area contributed by atoms with Gasteiger partial charge in [0.15, 0.2) is 0 Å². The second-order valence-electron chi connectivity index (χ2n) is 9.62. The Bertz CT molecular complexity index is 1090. The van der Waals surface area contributed by atoms with Crippen molar-refractivity contribution < 1.29 is 14.0 Å². The van der Waals surface area contributed by atoms with Gasteiger partial charge in [0.25, 0.3) is 5.91 Å². The molecule has 3 heterocycles. The number of carbonyl (C=O) groups excluding carboxylic acids is 2. The largest absolute Gasteiger partial charge is 0.465 e. The van der Waals surface area contributed by atoms with Crippen LogP contribution in [-0.2, 0) is 11.2 Å². The van der Waals surface area contributed by atoms with E-state index in [0.717, 1.165) is 51.1 Å². The smallest absolute Gasteiger partial charge is 0.325 e. The molecule has 4 rings (SSSR count). The van der Waals surface area contributed by atoms with Gasteiger partial charge in [-0.2, -0.15) is 0 Å². The van der Waals surface area contributed by atoms with Gasteiger partial charge in [0.1, 0.15) is 11.3 Å². The number of benzene rings is 1. The fourth-order valence-electron chi connectivity index (χ4n) is 5.41. The maximum atomic E-state index is 13.7. The van der Waals surface area contributed by atoms with Crippen molar-refractivity contribution in [3.63, 3.8) is 0 Å². The zero-order chi connectivity index (χ0) is 24.7. The van der Waals surface area contributed by atoms with Crippen molar-refractivity contribution in [3.05, 3.63) is 65.6 Å². The van der Waals surface area contributed by atoms with Gasteiger partial charge < -0.3 is 9.73 Å². The summed E-state index contributed by atoms with van der Waals surface area (Å²) >= 11 is 0. The number of likely N-dealkylation sites (tertiary alicyclic amines) is 1. The molecule has 0 bridgehead atoms. The van der Waals surface area contributed by atoms with Crippen LogP contribution in [-0.4, -0.2) is 53.5 Å². The average Bonchev–Trinajstić information content (AvgIpc) is 3.45. The normalized spacial score (nSPS) is 21.7. The van der Waals surface area contributed by atoms with E-state index in [4.69, 9.17) is 4.42 Å². The molecule has 1 aromatic heterocycles. The van der Waals surface area contributed by atoms with Gasteiger partial charge in [-0.25, -0.2) is 4.79 Å². The van der Waals surface area contributed by atoms with E-state index < -0.39 is 5.54 Å². The van der Waals surface area contributed by atoms with Crippen LogP contribution >= 0.6 is 0 Å². The first-order valence-corrected chi connectivity index (χ1v) is 12.5. The quantitative estimate of drug-likeness (QED) is 0.422. The molecule has 3 amide bonds. The Kier molecular flexibility index (Phi) is 8.09. The van der Waals surface area contributed by atoms with Gasteiger partial charge in [-0.1, -0.05) is 41.8 Å². The molecule has 0 aliphatic carbocycles. The maximum absolute atomic E-state index is 13.7. The Labute approximate surface area is 208 Å². The second kappa shape index (κ2) is 11.4. The van der Waals surface area contributed by atoms with Crippen LogP contribution in [0.3, 0.4) is 0 Å². The van der Waals surface area contributed by atoms with Crippen molar-refractivity contribution >= 4 is 18.0 Å². The molecule has 2 aromatic rings. The highest BCUT2D eigenvalue weighted by Gasteiger charge is 2.55. The topological polar surface area (TPSA) is 65.8 Å². The number of urea groups is 1.